The van der Waals surface area contributed by atoms with Gasteiger partial charge in [-0.05, 0) is 26.3 Å². The molecule has 1 fully saturated rings. The van der Waals surface area contributed by atoms with Crippen molar-refractivity contribution >= 4 is 17.7 Å². The molecular formula is C19H30N4O2S. The van der Waals surface area contributed by atoms with Gasteiger partial charge in [0.2, 0.25) is 0 Å². The lowest BCUT2D eigenvalue weighted by Crippen LogP contribution is -2.40. The fourth-order valence-corrected chi connectivity index (χ4v) is 4.73. The Hall–Kier alpha value is -1.31. The van der Waals surface area contributed by atoms with Gasteiger partial charge < -0.3 is 14.5 Å². The summed E-state index contributed by atoms with van der Waals surface area (Å²) in [5.74, 6) is 2.14. The Morgan fingerprint density at radius 1 is 1.46 bits per heavy atom. The zero-order valence-corrected chi connectivity index (χ0v) is 16.8. The van der Waals surface area contributed by atoms with E-state index in [1.54, 1.807) is 7.11 Å². The van der Waals surface area contributed by atoms with Crippen molar-refractivity contribution in [3.63, 3.8) is 0 Å². The Morgan fingerprint density at radius 2 is 2.23 bits per heavy atom. The molecule has 0 spiro atoms. The van der Waals surface area contributed by atoms with Crippen LogP contribution in [0.1, 0.15) is 28.2 Å². The average molecular weight is 379 g/mol. The van der Waals surface area contributed by atoms with Crippen molar-refractivity contribution in [2.45, 2.75) is 31.8 Å². The number of fused-ring (bicyclic) bond motifs is 1. The van der Waals surface area contributed by atoms with Gasteiger partial charge >= 0.3 is 0 Å². The molecular weight excluding hydrogens is 348 g/mol. The SMILES string of the molecule is C=CCn1nc(C(=O)N2CCSCC2)c2c1CCC(N(C)CCOC)C2. The number of hydrogen-bond donors (Lipinski definition) is 0. The van der Waals surface area contributed by atoms with E-state index in [2.05, 4.69) is 18.5 Å². The maximum absolute atomic E-state index is 13.1. The normalized spacial score (nSPS) is 20.3. The topological polar surface area (TPSA) is 50.6 Å². The minimum Gasteiger partial charge on any atom is -0.383 e. The third kappa shape index (κ3) is 4.15. The van der Waals surface area contributed by atoms with Crippen LogP contribution >= 0.6 is 11.8 Å². The summed E-state index contributed by atoms with van der Waals surface area (Å²) in [6.45, 7) is 7.79. The van der Waals surface area contributed by atoms with E-state index in [0.717, 1.165) is 62.6 Å². The van der Waals surface area contributed by atoms with E-state index in [1.807, 2.05) is 27.4 Å². The van der Waals surface area contributed by atoms with Gasteiger partial charge in [0.1, 0.15) is 0 Å². The van der Waals surface area contributed by atoms with E-state index in [-0.39, 0.29) is 5.91 Å². The van der Waals surface area contributed by atoms with Crippen molar-refractivity contribution < 1.29 is 9.53 Å². The van der Waals surface area contributed by atoms with Gasteiger partial charge in [-0.25, -0.2) is 0 Å². The van der Waals surface area contributed by atoms with Crippen LogP contribution in [0, 0.1) is 0 Å². The molecule has 1 aromatic rings. The number of allylic oxidation sites excluding steroid dienone is 1. The molecule has 1 saturated heterocycles. The molecule has 0 bridgehead atoms. The molecule has 1 atom stereocenters. The highest BCUT2D eigenvalue weighted by atomic mass is 32.2. The van der Waals surface area contributed by atoms with Crippen molar-refractivity contribution in [2.24, 2.45) is 0 Å². The fraction of sp³-hybridized carbons (Fsp3) is 0.684. The lowest BCUT2D eigenvalue weighted by atomic mass is 9.90. The third-order valence-electron chi connectivity index (χ3n) is 5.39. The summed E-state index contributed by atoms with van der Waals surface area (Å²) >= 11 is 1.91. The number of hydrogen-bond acceptors (Lipinski definition) is 5. The highest BCUT2D eigenvalue weighted by Gasteiger charge is 2.32. The Morgan fingerprint density at radius 3 is 2.92 bits per heavy atom. The molecule has 6 nitrogen and oxygen atoms in total. The van der Waals surface area contributed by atoms with E-state index in [9.17, 15) is 4.79 Å². The van der Waals surface area contributed by atoms with Gasteiger partial charge in [-0.3, -0.25) is 9.48 Å². The number of carbonyl (C=O) groups is 1. The highest BCUT2D eigenvalue weighted by Crippen LogP contribution is 2.28. The zero-order chi connectivity index (χ0) is 18.5. The van der Waals surface area contributed by atoms with Crippen LogP contribution in [0.3, 0.4) is 0 Å². The summed E-state index contributed by atoms with van der Waals surface area (Å²) in [4.78, 5) is 17.4. The third-order valence-corrected chi connectivity index (χ3v) is 6.34. The van der Waals surface area contributed by atoms with Gasteiger partial charge in [-0.15, -0.1) is 6.58 Å². The molecule has 0 radical (unpaired) electrons. The van der Waals surface area contributed by atoms with E-state index in [0.29, 0.717) is 18.3 Å². The van der Waals surface area contributed by atoms with Crippen molar-refractivity contribution in [1.82, 2.24) is 19.6 Å². The molecule has 2 aliphatic rings. The fourth-order valence-electron chi connectivity index (χ4n) is 3.82. The summed E-state index contributed by atoms with van der Waals surface area (Å²) in [6, 6.07) is 0.433. The molecule has 144 valence electrons. The molecule has 1 unspecified atom stereocenters. The molecule has 26 heavy (non-hydrogen) atoms. The molecule has 1 aliphatic carbocycles. The lowest BCUT2D eigenvalue weighted by molar-refractivity contribution is 0.0763. The van der Waals surface area contributed by atoms with Gasteiger partial charge in [0.25, 0.3) is 5.91 Å². The molecule has 0 N–H and O–H groups in total. The maximum atomic E-state index is 13.1. The Kier molecular flexibility index (Phi) is 6.78. The monoisotopic (exact) mass is 378 g/mol. The van der Waals surface area contributed by atoms with E-state index in [4.69, 9.17) is 9.84 Å². The van der Waals surface area contributed by atoms with Gasteiger partial charge in [0.05, 0.1) is 13.2 Å². The number of aromatic nitrogens is 2. The second kappa shape index (κ2) is 9.06. The molecule has 1 aromatic heterocycles. The van der Waals surface area contributed by atoms with Crippen molar-refractivity contribution in [2.75, 3.05) is 51.9 Å². The predicted molar refractivity (Wildman–Crippen MR) is 106 cm³/mol. The molecule has 2 heterocycles. The Balaban J connectivity index is 1.84. The number of thioether (sulfide) groups is 1. The smallest absolute Gasteiger partial charge is 0.274 e. The first-order chi connectivity index (χ1) is 12.7. The number of amides is 1. The molecule has 7 heteroatoms. The first-order valence-electron chi connectivity index (χ1n) is 9.41. The summed E-state index contributed by atoms with van der Waals surface area (Å²) in [5, 5.41) is 4.72. The van der Waals surface area contributed by atoms with Crippen LogP contribution < -0.4 is 0 Å². The predicted octanol–water partition coefficient (Wildman–Crippen LogP) is 1.69. The van der Waals surface area contributed by atoms with Crippen LogP contribution in [-0.2, 0) is 24.1 Å². The van der Waals surface area contributed by atoms with E-state index in [1.165, 1.54) is 5.69 Å². The standard InChI is InChI=1S/C19H30N4O2S/c1-4-7-23-17-6-5-15(21(2)8-11-25-3)14-16(17)18(20-23)19(24)22-9-12-26-13-10-22/h4,15H,1,5-14H2,2-3H3. The van der Waals surface area contributed by atoms with Crippen molar-refractivity contribution in [3.05, 3.63) is 29.6 Å². The largest absolute Gasteiger partial charge is 0.383 e. The number of carbonyl (C=O) groups excluding carboxylic acids is 1. The van der Waals surface area contributed by atoms with Crippen LogP contribution in [0.2, 0.25) is 0 Å². The van der Waals surface area contributed by atoms with E-state index >= 15 is 0 Å². The zero-order valence-electron chi connectivity index (χ0n) is 15.9. The summed E-state index contributed by atoms with van der Waals surface area (Å²) < 4.78 is 7.20. The average Bonchev–Trinajstić information content (AvgIpc) is 3.04. The Bertz CT molecular complexity index is 640. The minimum atomic E-state index is 0.101. The van der Waals surface area contributed by atoms with E-state index < -0.39 is 0 Å². The van der Waals surface area contributed by atoms with Crippen LogP contribution in [0.15, 0.2) is 12.7 Å². The first kappa shape index (κ1) is 19.5. The van der Waals surface area contributed by atoms with Gasteiger partial charge in [-0.2, -0.15) is 16.9 Å². The van der Waals surface area contributed by atoms with Crippen molar-refractivity contribution in [3.8, 4) is 0 Å². The van der Waals surface area contributed by atoms with Crippen LogP contribution in [-0.4, -0.2) is 83.4 Å². The summed E-state index contributed by atoms with van der Waals surface area (Å²) in [6.07, 6.45) is 4.79. The van der Waals surface area contributed by atoms with Crippen LogP contribution in [0.25, 0.3) is 0 Å². The molecule has 3 rings (SSSR count). The number of rotatable bonds is 7. The number of likely N-dealkylation sites (N-methyl/N-ethyl adjacent to an activating group) is 1. The summed E-state index contributed by atoms with van der Waals surface area (Å²) in [5.41, 5.74) is 3.03. The second-order valence-electron chi connectivity index (χ2n) is 7.02. The minimum absolute atomic E-state index is 0.101. The Labute approximate surface area is 160 Å². The van der Waals surface area contributed by atoms with Crippen molar-refractivity contribution in [1.29, 1.82) is 0 Å². The number of methoxy groups -OCH3 is 1. The lowest BCUT2D eigenvalue weighted by Gasteiger charge is -2.32. The maximum Gasteiger partial charge on any atom is 0.274 e. The number of nitrogens with zero attached hydrogens (tertiary/aromatic N) is 4. The molecule has 0 saturated carbocycles. The first-order valence-corrected chi connectivity index (χ1v) is 10.6. The summed E-state index contributed by atoms with van der Waals surface area (Å²) in [7, 11) is 3.88. The van der Waals surface area contributed by atoms with Crippen LogP contribution in [0.4, 0.5) is 0 Å². The highest BCUT2D eigenvalue weighted by molar-refractivity contribution is 7.99. The quantitative estimate of drug-likeness (QED) is 0.676. The van der Waals surface area contributed by atoms with Gasteiger partial charge in [-0.1, -0.05) is 6.08 Å². The van der Waals surface area contributed by atoms with Gasteiger partial charge in [0.15, 0.2) is 5.69 Å². The van der Waals surface area contributed by atoms with Gasteiger partial charge in [0, 0.05) is 55.5 Å². The molecule has 1 aliphatic heterocycles. The molecule has 1 amide bonds. The number of ether oxygens (including phenoxy) is 1. The second-order valence-corrected chi connectivity index (χ2v) is 8.24. The van der Waals surface area contributed by atoms with Crippen LogP contribution in [0.5, 0.6) is 0 Å². The molecule has 0 aromatic carbocycles.